The molecule has 112 valence electrons. The van der Waals surface area contributed by atoms with Gasteiger partial charge in [0.25, 0.3) is 0 Å². The first kappa shape index (κ1) is 15.3. The summed E-state index contributed by atoms with van der Waals surface area (Å²) < 4.78 is 5.89. The summed E-state index contributed by atoms with van der Waals surface area (Å²) in [6.07, 6.45) is 1.01. The molecule has 0 saturated heterocycles. The van der Waals surface area contributed by atoms with Crippen molar-refractivity contribution in [3.05, 3.63) is 41.2 Å². The fraction of sp³-hybridized carbons (Fsp3) is 0.412. The lowest BCUT2D eigenvalue weighted by Gasteiger charge is -2.19. The van der Waals surface area contributed by atoms with Crippen LogP contribution in [0.25, 0.3) is 0 Å². The molecule has 0 amide bonds. The summed E-state index contributed by atoms with van der Waals surface area (Å²) in [5.41, 5.74) is 7.85. The molecule has 0 bridgehead atoms. The molecule has 0 aliphatic rings. The van der Waals surface area contributed by atoms with E-state index in [1.807, 2.05) is 19.1 Å². The third kappa shape index (κ3) is 3.51. The molecule has 21 heavy (non-hydrogen) atoms. The lowest BCUT2D eigenvalue weighted by Crippen LogP contribution is -2.18. The summed E-state index contributed by atoms with van der Waals surface area (Å²) in [6.45, 7) is 10.2. The van der Waals surface area contributed by atoms with Crippen LogP contribution >= 0.6 is 0 Å². The van der Waals surface area contributed by atoms with Gasteiger partial charge in [-0.15, -0.1) is 0 Å². The van der Waals surface area contributed by atoms with Gasteiger partial charge in [-0.25, -0.2) is 4.98 Å². The number of nitrogen functional groups attached to an aromatic ring is 1. The number of hydrogen-bond acceptors (Lipinski definition) is 4. The monoisotopic (exact) mass is 285 g/mol. The molecule has 1 aromatic heterocycles. The van der Waals surface area contributed by atoms with E-state index < -0.39 is 0 Å². The molecule has 0 aliphatic carbocycles. The van der Waals surface area contributed by atoms with Gasteiger partial charge in [-0.2, -0.15) is 4.98 Å². The number of hydrogen-bond donors (Lipinski definition) is 1. The van der Waals surface area contributed by atoms with Gasteiger partial charge in [-0.05, 0) is 31.0 Å². The van der Waals surface area contributed by atoms with Crippen molar-refractivity contribution in [2.45, 2.75) is 46.5 Å². The predicted molar refractivity (Wildman–Crippen MR) is 85.8 cm³/mol. The Bertz CT molecular complexity index is 628. The molecular weight excluding hydrogens is 262 g/mol. The Hall–Kier alpha value is -2.10. The van der Waals surface area contributed by atoms with Crippen LogP contribution in [0.1, 0.15) is 44.6 Å². The molecule has 0 saturated carbocycles. The first-order valence-electron chi connectivity index (χ1n) is 7.22. The number of nitrogens with zero attached hydrogens (tertiary/aromatic N) is 2. The van der Waals surface area contributed by atoms with Gasteiger partial charge >= 0.3 is 0 Å². The quantitative estimate of drug-likeness (QED) is 0.925. The maximum absolute atomic E-state index is 5.99. The van der Waals surface area contributed by atoms with Gasteiger partial charge < -0.3 is 10.5 Å². The number of aryl methyl sites for hydroxylation is 1. The summed E-state index contributed by atoms with van der Waals surface area (Å²) in [7, 11) is 0. The second-order valence-corrected chi connectivity index (χ2v) is 6.21. The van der Waals surface area contributed by atoms with Crippen LogP contribution in [0.15, 0.2) is 24.3 Å². The zero-order valence-corrected chi connectivity index (χ0v) is 13.4. The zero-order valence-electron chi connectivity index (χ0n) is 13.4. The van der Waals surface area contributed by atoms with Gasteiger partial charge in [0.05, 0.1) is 5.56 Å². The average Bonchev–Trinajstić information content (AvgIpc) is 2.43. The molecule has 2 aromatic rings. The Morgan fingerprint density at radius 3 is 2.24 bits per heavy atom. The molecule has 2 N–H and O–H groups in total. The van der Waals surface area contributed by atoms with Crippen LogP contribution < -0.4 is 10.5 Å². The molecule has 4 heteroatoms. The van der Waals surface area contributed by atoms with Crippen LogP contribution in [0.3, 0.4) is 0 Å². The lowest BCUT2D eigenvalue weighted by molar-refractivity contribution is 0.442. The highest BCUT2D eigenvalue weighted by atomic mass is 16.5. The fourth-order valence-electron chi connectivity index (χ4n) is 1.85. The molecule has 0 unspecified atom stereocenters. The van der Waals surface area contributed by atoms with Crippen molar-refractivity contribution in [3.63, 3.8) is 0 Å². The van der Waals surface area contributed by atoms with Crippen molar-refractivity contribution in [2.24, 2.45) is 0 Å². The minimum Gasteiger partial charge on any atom is -0.439 e. The standard InChI is InChI=1S/C17H23N3O/c1-6-12-7-9-13(10-8-12)21-15-11(2)14(18)19-16(20-15)17(3,4)5/h7-10H,6H2,1-5H3,(H2,18,19,20). The Morgan fingerprint density at radius 1 is 1.10 bits per heavy atom. The number of rotatable bonds is 3. The summed E-state index contributed by atoms with van der Waals surface area (Å²) in [5, 5.41) is 0. The summed E-state index contributed by atoms with van der Waals surface area (Å²) in [4.78, 5) is 8.89. The molecule has 4 nitrogen and oxygen atoms in total. The number of nitrogens with two attached hydrogens (primary N) is 1. The number of benzene rings is 1. The van der Waals surface area contributed by atoms with E-state index in [4.69, 9.17) is 10.5 Å². The number of ether oxygens (including phenoxy) is 1. The largest absolute Gasteiger partial charge is 0.439 e. The summed E-state index contributed by atoms with van der Waals surface area (Å²) in [5.74, 6) is 2.44. The van der Waals surface area contributed by atoms with Gasteiger partial charge in [0, 0.05) is 5.41 Å². The number of anilines is 1. The van der Waals surface area contributed by atoms with Gasteiger partial charge in [-0.1, -0.05) is 39.8 Å². The molecule has 0 spiro atoms. The Morgan fingerprint density at radius 2 is 1.71 bits per heavy atom. The lowest BCUT2D eigenvalue weighted by atomic mass is 9.95. The minimum atomic E-state index is -0.175. The maximum Gasteiger partial charge on any atom is 0.227 e. The van der Waals surface area contributed by atoms with E-state index in [0.717, 1.165) is 17.7 Å². The molecule has 0 radical (unpaired) electrons. The third-order valence-electron chi connectivity index (χ3n) is 3.36. The van der Waals surface area contributed by atoms with Crippen LogP contribution in [0, 0.1) is 6.92 Å². The highest BCUT2D eigenvalue weighted by Crippen LogP contribution is 2.29. The molecule has 2 rings (SSSR count). The maximum atomic E-state index is 5.99. The van der Waals surface area contributed by atoms with Gasteiger partial charge in [-0.3, -0.25) is 0 Å². The smallest absolute Gasteiger partial charge is 0.227 e. The molecule has 0 atom stereocenters. The second-order valence-electron chi connectivity index (χ2n) is 6.21. The Balaban J connectivity index is 2.36. The summed E-state index contributed by atoms with van der Waals surface area (Å²) >= 11 is 0. The van der Waals surface area contributed by atoms with Gasteiger partial charge in [0.15, 0.2) is 0 Å². The zero-order chi connectivity index (χ0) is 15.6. The fourth-order valence-corrected chi connectivity index (χ4v) is 1.85. The van der Waals surface area contributed by atoms with E-state index in [9.17, 15) is 0 Å². The van der Waals surface area contributed by atoms with Crippen molar-refractivity contribution in [1.82, 2.24) is 9.97 Å². The van der Waals surface area contributed by atoms with E-state index >= 15 is 0 Å². The molecule has 0 aliphatic heterocycles. The van der Waals surface area contributed by atoms with Crippen molar-refractivity contribution >= 4 is 5.82 Å². The minimum absolute atomic E-state index is 0.175. The molecule has 0 fully saturated rings. The second kappa shape index (κ2) is 5.72. The van der Waals surface area contributed by atoms with Gasteiger partial charge in [0.1, 0.15) is 17.4 Å². The highest BCUT2D eigenvalue weighted by Gasteiger charge is 2.21. The van der Waals surface area contributed by atoms with Crippen LogP contribution in [-0.2, 0) is 11.8 Å². The highest BCUT2D eigenvalue weighted by molar-refractivity contribution is 5.46. The summed E-state index contributed by atoms with van der Waals surface area (Å²) in [6, 6.07) is 8.01. The van der Waals surface area contributed by atoms with Crippen molar-refractivity contribution in [1.29, 1.82) is 0 Å². The predicted octanol–water partition coefficient (Wildman–Crippen LogP) is 4.02. The first-order valence-corrected chi connectivity index (χ1v) is 7.22. The molecular formula is C17H23N3O. The van der Waals surface area contributed by atoms with Crippen molar-refractivity contribution in [2.75, 3.05) is 5.73 Å². The molecule has 1 aromatic carbocycles. The van der Waals surface area contributed by atoms with E-state index in [1.165, 1.54) is 5.56 Å². The van der Waals surface area contributed by atoms with Crippen molar-refractivity contribution in [3.8, 4) is 11.6 Å². The average molecular weight is 285 g/mol. The first-order chi connectivity index (χ1) is 9.81. The third-order valence-corrected chi connectivity index (χ3v) is 3.36. The van der Waals surface area contributed by atoms with Crippen LogP contribution in [-0.4, -0.2) is 9.97 Å². The van der Waals surface area contributed by atoms with E-state index in [2.05, 4.69) is 49.8 Å². The topological polar surface area (TPSA) is 61.0 Å². The van der Waals surface area contributed by atoms with Crippen LogP contribution in [0.4, 0.5) is 5.82 Å². The van der Waals surface area contributed by atoms with Gasteiger partial charge in [0.2, 0.25) is 5.88 Å². The van der Waals surface area contributed by atoms with Crippen LogP contribution in [0.5, 0.6) is 11.6 Å². The van der Waals surface area contributed by atoms with Crippen molar-refractivity contribution < 1.29 is 4.74 Å². The Kier molecular flexibility index (Phi) is 4.16. The molecule has 1 heterocycles. The van der Waals surface area contributed by atoms with E-state index in [0.29, 0.717) is 17.5 Å². The van der Waals surface area contributed by atoms with E-state index in [1.54, 1.807) is 0 Å². The van der Waals surface area contributed by atoms with Crippen LogP contribution in [0.2, 0.25) is 0 Å². The normalized spacial score (nSPS) is 11.5. The number of aromatic nitrogens is 2. The van der Waals surface area contributed by atoms with E-state index in [-0.39, 0.29) is 5.41 Å². The Labute approximate surface area is 126 Å². The SMILES string of the molecule is CCc1ccc(Oc2nc(C(C)(C)C)nc(N)c2C)cc1.